The van der Waals surface area contributed by atoms with Crippen molar-refractivity contribution in [1.29, 1.82) is 0 Å². The third kappa shape index (κ3) is 3.82. The van der Waals surface area contributed by atoms with Crippen LogP contribution in [0.5, 0.6) is 0 Å². The second-order valence-corrected chi connectivity index (χ2v) is 9.92. The number of fused-ring (bicyclic) bond motifs is 3. The van der Waals surface area contributed by atoms with E-state index in [1.165, 1.54) is 6.92 Å². The number of aromatic nitrogens is 4. The Kier molecular flexibility index (Phi) is 5.62. The molecule has 188 valence electrons. The molecule has 9 heteroatoms. The van der Waals surface area contributed by atoms with E-state index in [9.17, 15) is 9.59 Å². The average molecular weight is 496 g/mol. The fraction of sp³-hybridized carbons (Fsp3) is 0.321. The van der Waals surface area contributed by atoms with Gasteiger partial charge < -0.3 is 16.0 Å². The zero-order chi connectivity index (χ0) is 25.7. The van der Waals surface area contributed by atoms with Crippen LogP contribution in [0.4, 0.5) is 10.6 Å². The van der Waals surface area contributed by atoms with Gasteiger partial charge in [0, 0.05) is 47.9 Å². The number of hydrogen-bond donors (Lipinski definition) is 2. The van der Waals surface area contributed by atoms with Gasteiger partial charge in [-0.25, -0.2) is 9.78 Å². The molecule has 9 nitrogen and oxygen atoms in total. The van der Waals surface area contributed by atoms with Gasteiger partial charge in [-0.3, -0.25) is 9.78 Å². The van der Waals surface area contributed by atoms with Crippen LogP contribution in [-0.2, 0) is 0 Å². The van der Waals surface area contributed by atoms with E-state index in [4.69, 9.17) is 10.7 Å². The molecule has 37 heavy (non-hydrogen) atoms. The van der Waals surface area contributed by atoms with Gasteiger partial charge in [0.1, 0.15) is 5.82 Å². The monoisotopic (exact) mass is 495 g/mol. The summed E-state index contributed by atoms with van der Waals surface area (Å²) in [5.74, 6) is 0.202. The molecule has 1 aromatic carbocycles. The number of nitrogen functional groups attached to an aromatic ring is 1. The van der Waals surface area contributed by atoms with E-state index in [-0.39, 0.29) is 29.8 Å². The number of Topliss-reactive ketones (excluding diaryl/α,β-unsaturated/α-hetero) is 1. The van der Waals surface area contributed by atoms with E-state index in [0.717, 1.165) is 48.1 Å². The number of nitrogens with zero attached hydrogens (tertiary/aromatic N) is 5. The topological polar surface area (TPSA) is 119 Å². The van der Waals surface area contributed by atoms with Gasteiger partial charge in [0.15, 0.2) is 11.4 Å². The molecule has 0 aliphatic carbocycles. The predicted molar refractivity (Wildman–Crippen MR) is 141 cm³/mol. The van der Waals surface area contributed by atoms with Crippen LogP contribution in [0.3, 0.4) is 0 Å². The number of anilines is 1. The summed E-state index contributed by atoms with van der Waals surface area (Å²) in [6, 6.07) is 14.2. The number of carbonyl (C=O) groups is 2. The van der Waals surface area contributed by atoms with E-state index < -0.39 is 0 Å². The molecule has 2 aliphatic rings. The number of ketones is 1. The van der Waals surface area contributed by atoms with Crippen LogP contribution in [0.2, 0.25) is 0 Å². The molecular weight excluding hydrogens is 466 g/mol. The van der Waals surface area contributed by atoms with E-state index in [1.807, 2.05) is 53.6 Å². The molecule has 2 saturated heterocycles. The van der Waals surface area contributed by atoms with Crippen molar-refractivity contribution in [1.82, 2.24) is 29.8 Å². The van der Waals surface area contributed by atoms with E-state index >= 15 is 0 Å². The van der Waals surface area contributed by atoms with Crippen molar-refractivity contribution < 1.29 is 9.59 Å². The third-order valence-corrected chi connectivity index (χ3v) is 7.77. The minimum atomic E-state index is -0.131. The molecule has 3 atom stereocenters. The molecular formula is C28H29N7O2. The summed E-state index contributed by atoms with van der Waals surface area (Å²) in [5.41, 5.74) is 11.9. The van der Waals surface area contributed by atoms with Crippen LogP contribution < -0.4 is 11.1 Å². The number of hydrogen-bond acceptors (Lipinski definition) is 6. The van der Waals surface area contributed by atoms with Crippen LogP contribution in [-0.4, -0.2) is 55.4 Å². The molecule has 3 aromatic heterocycles. The summed E-state index contributed by atoms with van der Waals surface area (Å²) in [5, 5.41) is 7.25. The highest BCUT2D eigenvalue weighted by Crippen LogP contribution is 2.44. The maximum Gasteiger partial charge on any atom is 0.317 e. The molecule has 0 radical (unpaired) electrons. The van der Waals surface area contributed by atoms with Crippen molar-refractivity contribution in [3.8, 4) is 22.4 Å². The number of urea groups is 1. The first-order valence-corrected chi connectivity index (χ1v) is 12.7. The molecule has 6 rings (SSSR count). The first-order chi connectivity index (χ1) is 18.0. The highest BCUT2D eigenvalue weighted by Gasteiger charge is 2.44. The Hall–Kier alpha value is -4.27. The molecule has 0 spiro atoms. The lowest BCUT2D eigenvalue weighted by Crippen LogP contribution is -2.49. The Balaban J connectivity index is 1.41. The van der Waals surface area contributed by atoms with Crippen molar-refractivity contribution in [3.05, 3.63) is 66.1 Å². The molecule has 2 bridgehead atoms. The van der Waals surface area contributed by atoms with Gasteiger partial charge in [-0.05, 0) is 38.7 Å². The van der Waals surface area contributed by atoms with Crippen molar-refractivity contribution >= 4 is 23.3 Å². The Morgan fingerprint density at radius 3 is 2.35 bits per heavy atom. The predicted octanol–water partition coefficient (Wildman–Crippen LogP) is 4.29. The molecule has 3 N–H and O–H groups in total. The van der Waals surface area contributed by atoms with Gasteiger partial charge >= 0.3 is 6.03 Å². The fourth-order valence-corrected chi connectivity index (χ4v) is 6.09. The number of nitrogens with two attached hydrogens (primary N) is 1. The summed E-state index contributed by atoms with van der Waals surface area (Å²) < 4.78 is 1.55. The largest absolute Gasteiger partial charge is 0.383 e. The zero-order valence-electron chi connectivity index (χ0n) is 20.9. The summed E-state index contributed by atoms with van der Waals surface area (Å²) in [6.45, 7) is 1.52. The summed E-state index contributed by atoms with van der Waals surface area (Å²) in [4.78, 5) is 36.9. The lowest BCUT2D eigenvalue weighted by atomic mass is 9.85. The lowest BCUT2D eigenvalue weighted by Gasteiger charge is -2.38. The SMILES string of the molecule is CNC(=O)N1C2CC[C@H]1CC(c1nc3c(-c4ccc(-c5ccccc5)nc4)cnn3c(N)c1C(C)=O)C2. The zero-order valence-corrected chi connectivity index (χ0v) is 20.9. The number of pyridine rings is 1. The van der Waals surface area contributed by atoms with E-state index in [0.29, 0.717) is 22.7 Å². The quantitative estimate of drug-likeness (QED) is 0.408. The van der Waals surface area contributed by atoms with Gasteiger partial charge in [-0.1, -0.05) is 36.4 Å². The van der Waals surface area contributed by atoms with Crippen molar-refractivity contribution in [2.24, 2.45) is 0 Å². The molecule has 0 saturated carbocycles. The van der Waals surface area contributed by atoms with E-state index in [2.05, 4.69) is 15.4 Å². The van der Waals surface area contributed by atoms with Crippen LogP contribution in [0.15, 0.2) is 54.9 Å². The first-order valence-electron chi connectivity index (χ1n) is 12.7. The van der Waals surface area contributed by atoms with Gasteiger partial charge in [0.05, 0.1) is 23.1 Å². The maximum atomic E-state index is 12.8. The number of rotatable bonds is 4. The minimum Gasteiger partial charge on any atom is -0.383 e. The molecule has 2 unspecified atom stereocenters. The van der Waals surface area contributed by atoms with Gasteiger partial charge in [-0.15, -0.1) is 0 Å². The van der Waals surface area contributed by atoms with Crippen molar-refractivity contribution in [2.45, 2.75) is 50.6 Å². The van der Waals surface area contributed by atoms with E-state index in [1.54, 1.807) is 17.8 Å². The van der Waals surface area contributed by atoms with Crippen LogP contribution in [0, 0.1) is 0 Å². The first kappa shape index (κ1) is 23.1. The van der Waals surface area contributed by atoms with Gasteiger partial charge in [0.2, 0.25) is 0 Å². The molecule has 5 heterocycles. The Morgan fingerprint density at radius 1 is 1.00 bits per heavy atom. The van der Waals surface area contributed by atoms with Crippen molar-refractivity contribution in [2.75, 3.05) is 12.8 Å². The van der Waals surface area contributed by atoms with Gasteiger partial charge in [-0.2, -0.15) is 9.61 Å². The van der Waals surface area contributed by atoms with Crippen LogP contribution in [0.25, 0.3) is 28.0 Å². The second kappa shape index (κ2) is 8.99. The van der Waals surface area contributed by atoms with Crippen LogP contribution >= 0.6 is 0 Å². The number of carbonyl (C=O) groups excluding carboxylic acids is 2. The molecule has 2 amide bonds. The fourth-order valence-electron chi connectivity index (χ4n) is 6.09. The maximum absolute atomic E-state index is 12.8. The summed E-state index contributed by atoms with van der Waals surface area (Å²) in [6.07, 6.45) is 6.96. The standard InChI is InChI=1S/C28H29N7O2/c1-16(36)24-25(19-12-20-9-10-21(13-19)34(20)28(37)30-2)33-27-22(15-32-35(27)26(24)29)18-8-11-23(31-14-18)17-6-4-3-5-7-17/h3-8,11,14-15,19-21H,9-10,12-13,29H2,1-2H3,(H,30,37)/t19?,20-,21?/m0/s1. The summed E-state index contributed by atoms with van der Waals surface area (Å²) >= 11 is 0. The Morgan fingerprint density at radius 2 is 1.73 bits per heavy atom. The number of piperidine rings is 1. The number of nitrogens with one attached hydrogen (secondary N) is 1. The highest BCUT2D eigenvalue weighted by atomic mass is 16.2. The second-order valence-electron chi connectivity index (χ2n) is 9.92. The smallest absolute Gasteiger partial charge is 0.317 e. The Labute approximate surface area is 214 Å². The van der Waals surface area contributed by atoms with Crippen LogP contribution in [0.1, 0.15) is 54.6 Å². The average Bonchev–Trinajstić information content (AvgIpc) is 3.46. The third-order valence-electron chi connectivity index (χ3n) is 7.77. The summed E-state index contributed by atoms with van der Waals surface area (Å²) in [7, 11) is 1.67. The number of benzene rings is 1. The molecule has 2 fully saturated rings. The number of amides is 2. The minimum absolute atomic E-state index is 0.0333. The molecule has 2 aliphatic heterocycles. The highest BCUT2D eigenvalue weighted by molar-refractivity contribution is 6.00. The normalized spacial score (nSPS) is 20.8. The van der Waals surface area contributed by atoms with Crippen molar-refractivity contribution in [3.63, 3.8) is 0 Å². The van der Waals surface area contributed by atoms with Gasteiger partial charge in [0.25, 0.3) is 0 Å². The lowest BCUT2D eigenvalue weighted by molar-refractivity contribution is 0.101. The Bertz CT molecular complexity index is 1480. The molecule has 4 aromatic rings.